The lowest BCUT2D eigenvalue weighted by Crippen LogP contribution is -2.32. The van der Waals surface area contributed by atoms with Gasteiger partial charge in [0, 0.05) is 32.8 Å². The van der Waals surface area contributed by atoms with E-state index in [1.807, 2.05) is 13.8 Å². The van der Waals surface area contributed by atoms with Gasteiger partial charge in [-0.1, -0.05) is 76.9 Å². The minimum absolute atomic E-state index is 0.0694. The average Bonchev–Trinajstić information content (AvgIpc) is 2.87. The molecule has 0 fully saturated rings. The number of aliphatic hydroxyl groups excluding tert-OH is 3. The van der Waals surface area contributed by atoms with Crippen LogP contribution in [0.3, 0.4) is 0 Å². The molecule has 38 heavy (non-hydrogen) atoms. The van der Waals surface area contributed by atoms with Crippen LogP contribution in [-0.2, 0) is 13.8 Å². The highest BCUT2D eigenvalue weighted by atomic mass is 31.2. The maximum Gasteiger partial charge on any atom is 0.469 e. The first-order valence-electron chi connectivity index (χ1n) is 14.8. The molecule has 10 heteroatoms. The Balaban J connectivity index is -0.000000668. The van der Waals surface area contributed by atoms with E-state index in [2.05, 4.69) is 23.6 Å². The number of aliphatic hydroxyl groups is 3. The molecule has 0 atom stereocenters. The number of hydrogen-bond donors (Lipinski definition) is 5. The Bertz CT molecular complexity index is 475. The second-order valence-electron chi connectivity index (χ2n) is 9.06. The van der Waals surface area contributed by atoms with E-state index >= 15 is 0 Å². The van der Waals surface area contributed by atoms with Crippen molar-refractivity contribution in [3.63, 3.8) is 0 Å². The highest BCUT2D eigenvalue weighted by molar-refractivity contribution is 7.46. The summed E-state index contributed by atoms with van der Waals surface area (Å²) in [4.78, 5) is 18.8. The maximum absolute atomic E-state index is 10.5. The number of allylic oxidation sites excluding steroid dienone is 2. The van der Waals surface area contributed by atoms with E-state index in [0.29, 0.717) is 19.6 Å². The number of phosphoric acid groups is 1. The first-order valence-corrected chi connectivity index (χ1v) is 16.3. The molecule has 0 aliphatic carbocycles. The van der Waals surface area contributed by atoms with Crippen molar-refractivity contribution in [3.05, 3.63) is 12.2 Å². The molecular weight excluding hydrogens is 509 g/mol. The third kappa shape index (κ3) is 45.6. The molecule has 0 amide bonds. The van der Waals surface area contributed by atoms with Crippen LogP contribution in [0.4, 0.5) is 0 Å². The van der Waals surface area contributed by atoms with Crippen LogP contribution in [0.2, 0.25) is 0 Å². The summed E-state index contributed by atoms with van der Waals surface area (Å²) in [7, 11) is -4.26. The molecule has 0 aliphatic rings. The zero-order chi connectivity index (χ0) is 29.2. The lowest BCUT2D eigenvalue weighted by Gasteiger charge is -2.17. The minimum atomic E-state index is -4.26. The molecule has 5 N–H and O–H groups in total. The third-order valence-electron chi connectivity index (χ3n) is 5.57. The Morgan fingerprint density at radius 2 is 1.03 bits per heavy atom. The van der Waals surface area contributed by atoms with Gasteiger partial charge in [-0.15, -0.1) is 0 Å². The topological polar surface area (TPSA) is 140 Å². The van der Waals surface area contributed by atoms with Gasteiger partial charge in [-0.25, -0.2) is 4.57 Å². The third-order valence-corrected chi connectivity index (χ3v) is 6.09. The van der Waals surface area contributed by atoms with Gasteiger partial charge < -0.3 is 29.8 Å². The summed E-state index contributed by atoms with van der Waals surface area (Å²) in [6, 6.07) is 0. The first kappa shape index (κ1) is 42.1. The van der Waals surface area contributed by atoms with Crippen molar-refractivity contribution in [2.45, 2.75) is 111 Å². The summed E-state index contributed by atoms with van der Waals surface area (Å²) >= 11 is 0. The van der Waals surface area contributed by atoms with E-state index in [4.69, 9.17) is 29.8 Å². The van der Waals surface area contributed by atoms with Crippen molar-refractivity contribution < 1.29 is 38.9 Å². The molecule has 0 saturated heterocycles. The van der Waals surface area contributed by atoms with Crippen LogP contribution in [0, 0.1) is 0 Å². The summed E-state index contributed by atoms with van der Waals surface area (Å²) in [6.07, 6.45) is 21.7. The van der Waals surface area contributed by atoms with Crippen LogP contribution < -0.4 is 0 Å². The largest absolute Gasteiger partial charge is 0.469 e. The molecule has 0 aliphatic heterocycles. The van der Waals surface area contributed by atoms with Gasteiger partial charge in [0.15, 0.2) is 0 Å². The predicted molar refractivity (Wildman–Crippen MR) is 157 cm³/mol. The zero-order valence-corrected chi connectivity index (χ0v) is 25.7. The second-order valence-corrected chi connectivity index (χ2v) is 10.3. The SMILES string of the molecule is CCCCCCCC/C=C\CCCCCCCCOP(=O)(O)O.CCOCC.OCCN(CCO)CCO. The van der Waals surface area contributed by atoms with Gasteiger partial charge in [-0.2, -0.15) is 0 Å². The smallest absolute Gasteiger partial charge is 0.395 e. The number of phosphoric ester groups is 1. The molecule has 0 aromatic rings. The summed E-state index contributed by atoms with van der Waals surface area (Å²) in [5, 5.41) is 25.5. The van der Waals surface area contributed by atoms with Crippen LogP contribution in [-0.4, -0.2) is 89.3 Å². The molecule has 0 radical (unpaired) electrons. The summed E-state index contributed by atoms with van der Waals surface area (Å²) in [5.41, 5.74) is 0. The van der Waals surface area contributed by atoms with Crippen molar-refractivity contribution in [1.82, 2.24) is 4.90 Å². The Morgan fingerprint density at radius 1 is 0.632 bits per heavy atom. The van der Waals surface area contributed by atoms with Gasteiger partial charge in [0.25, 0.3) is 0 Å². The van der Waals surface area contributed by atoms with E-state index in [1.165, 1.54) is 70.6 Å². The highest BCUT2D eigenvalue weighted by Gasteiger charge is 2.12. The standard InChI is InChI=1S/C18H37O4P.C6H15NO3.C4H10O/c1-2-3-4-5-6-7-8-9-10-11-12-13-14-15-16-17-18-22-23(19,20)21;8-4-1-7(2-5-9)3-6-10;1-3-5-4-2/h9-10H,2-8,11-18H2,1H3,(H2,19,20,21);8-10H,1-6H2;3-4H2,1-2H3/b10-9-;;. The number of nitrogens with zero attached hydrogens (tertiary/aromatic N) is 1. The van der Waals surface area contributed by atoms with Crippen molar-refractivity contribution >= 4 is 7.82 Å². The minimum Gasteiger partial charge on any atom is -0.395 e. The van der Waals surface area contributed by atoms with Gasteiger partial charge >= 0.3 is 7.82 Å². The van der Waals surface area contributed by atoms with Gasteiger partial charge in [0.2, 0.25) is 0 Å². The molecule has 9 nitrogen and oxygen atoms in total. The lowest BCUT2D eigenvalue weighted by molar-refractivity contribution is 0.136. The Kier molecular flexibility index (Phi) is 40.6. The molecule has 0 aromatic heterocycles. The summed E-state index contributed by atoms with van der Waals surface area (Å²) in [6.45, 7) is 9.83. The number of unbranched alkanes of at least 4 members (excludes halogenated alkanes) is 12. The average molecular weight is 572 g/mol. The molecule has 232 valence electrons. The van der Waals surface area contributed by atoms with E-state index < -0.39 is 7.82 Å². The fourth-order valence-electron chi connectivity index (χ4n) is 3.50. The van der Waals surface area contributed by atoms with Gasteiger partial charge in [0.05, 0.1) is 26.4 Å². The highest BCUT2D eigenvalue weighted by Crippen LogP contribution is 2.35. The Labute approximate surface area is 233 Å². The molecule has 0 saturated carbocycles. The zero-order valence-electron chi connectivity index (χ0n) is 24.8. The fraction of sp³-hybridized carbons (Fsp3) is 0.929. The van der Waals surface area contributed by atoms with Crippen molar-refractivity contribution in [2.75, 3.05) is 59.3 Å². The number of ether oxygens (including phenoxy) is 1. The van der Waals surface area contributed by atoms with Crippen molar-refractivity contribution in [3.8, 4) is 0 Å². The van der Waals surface area contributed by atoms with Gasteiger partial charge in [-0.3, -0.25) is 9.42 Å². The summed E-state index contributed by atoms with van der Waals surface area (Å²) < 4.78 is 19.7. The van der Waals surface area contributed by atoms with Crippen LogP contribution >= 0.6 is 7.82 Å². The molecule has 0 heterocycles. The Morgan fingerprint density at radius 3 is 1.37 bits per heavy atom. The number of rotatable bonds is 25. The molecule has 0 rings (SSSR count). The maximum atomic E-state index is 10.5. The van der Waals surface area contributed by atoms with Crippen molar-refractivity contribution in [1.29, 1.82) is 0 Å². The van der Waals surface area contributed by atoms with Crippen LogP contribution in [0.25, 0.3) is 0 Å². The normalized spacial score (nSPS) is 11.4. The van der Waals surface area contributed by atoms with Crippen LogP contribution in [0.15, 0.2) is 12.2 Å². The monoisotopic (exact) mass is 571 g/mol. The second kappa shape index (κ2) is 36.6. The molecule has 0 unspecified atom stereocenters. The van der Waals surface area contributed by atoms with Gasteiger partial charge in [-0.05, 0) is 46.0 Å². The predicted octanol–water partition coefficient (Wildman–Crippen LogP) is 5.44. The molecular formula is C28H62NO8P. The molecule has 0 aromatic carbocycles. The first-order chi connectivity index (χ1) is 18.3. The van der Waals surface area contributed by atoms with Crippen molar-refractivity contribution in [2.24, 2.45) is 0 Å². The van der Waals surface area contributed by atoms with E-state index in [0.717, 1.165) is 32.5 Å². The lowest BCUT2D eigenvalue weighted by atomic mass is 10.1. The van der Waals surface area contributed by atoms with E-state index in [9.17, 15) is 4.57 Å². The van der Waals surface area contributed by atoms with Gasteiger partial charge in [0.1, 0.15) is 0 Å². The Hall–Kier alpha value is -0.350. The number of hydrogen-bond acceptors (Lipinski definition) is 7. The molecule has 0 spiro atoms. The van der Waals surface area contributed by atoms with E-state index in [1.54, 1.807) is 4.90 Å². The quantitative estimate of drug-likeness (QED) is 0.0550. The van der Waals surface area contributed by atoms with Crippen LogP contribution in [0.5, 0.6) is 0 Å². The van der Waals surface area contributed by atoms with Crippen LogP contribution in [0.1, 0.15) is 111 Å². The molecule has 0 bridgehead atoms. The summed E-state index contributed by atoms with van der Waals surface area (Å²) in [5.74, 6) is 0. The van der Waals surface area contributed by atoms with E-state index in [-0.39, 0.29) is 26.4 Å². The fourth-order valence-corrected chi connectivity index (χ4v) is 3.86.